The fourth-order valence-corrected chi connectivity index (χ4v) is 2.55. The summed E-state index contributed by atoms with van der Waals surface area (Å²) in [6.45, 7) is -2.26. The van der Waals surface area contributed by atoms with E-state index >= 15 is 0 Å². The molecule has 0 atom stereocenters. The number of ether oxygens (including phenoxy) is 1. The maximum Gasteiger partial charge on any atom is 0.413 e. The zero-order valence-corrected chi connectivity index (χ0v) is 16.8. The van der Waals surface area contributed by atoms with Crippen LogP contribution in [0.2, 0.25) is 0 Å². The molecule has 3 aromatic rings. The third-order valence-corrected chi connectivity index (χ3v) is 4.04. The molecule has 0 spiro atoms. The molecule has 11 heteroatoms. The number of aromatic nitrogens is 3. The van der Waals surface area contributed by atoms with Crippen molar-refractivity contribution in [2.45, 2.75) is 13.5 Å². The normalized spacial score (nSPS) is 14.9. The lowest BCUT2D eigenvalue weighted by molar-refractivity contribution is 0.180. The van der Waals surface area contributed by atoms with Crippen LogP contribution in [-0.4, -0.2) is 40.8 Å². The molecule has 0 saturated carbocycles. The molecule has 0 unspecified atom stereocenters. The number of amides is 1. The van der Waals surface area contributed by atoms with Gasteiger partial charge in [-0.25, -0.2) is 24.1 Å². The van der Waals surface area contributed by atoms with E-state index in [9.17, 15) is 9.18 Å². The number of hydrogen-bond acceptors (Lipinski definition) is 9. The maximum absolute atomic E-state index is 14.8. The van der Waals surface area contributed by atoms with E-state index < -0.39 is 90.2 Å². The molecule has 32 heavy (non-hydrogen) atoms. The van der Waals surface area contributed by atoms with Crippen molar-refractivity contribution in [2.75, 3.05) is 35.8 Å². The van der Waals surface area contributed by atoms with E-state index in [1.807, 2.05) is 0 Å². The van der Waals surface area contributed by atoms with Crippen LogP contribution in [-0.2, 0) is 11.3 Å². The maximum atomic E-state index is 14.8. The van der Waals surface area contributed by atoms with E-state index in [2.05, 4.69) is 25.0 Å². The summed E-state index contributed by atoms with van der Waals surface area (Å²) in [6.07, 6.45) is -2.03. The predicted molar refractivity (Wildman–Crippen MR) is 120 cm³/mol. The second-order valence-electron chi connectivity index (χ2n) is 6.19. The monoisotopic (exact) mass is 447 g/mol. The summed E-state index contributed by atoms with van der Waals surface area (Å²) in [5.74, 6) is -3.41. The van der Waals surface area contributed by atoms with Crippen LogP contribution in [0, 0.1) is 18.2 Å². The van der Waals surface area contributed by atoms with Crippen molar-refractivity contribution in [1.29, 1.82) is 5.41 Å². The standard InChI is InChI=1S/C21H23FN8O2/c1-11-6-7-14(22)12(9-11)10-27-19-13(5-4-8-26-19)15(23)20-28-17(24)16(18(25)29-20)30(2)21(31)32-3/h4-9,23H,10H2,1-3H3,(H,26,27)(H4,24,25,28,29)/i2D3,4D,5D,6D,7D,8D,9D. The van der Waals surface area contributed by atoms with E-state index in [4.69, 9.17) is 29.2 Å². The van der Waals surface area contributed by atoms with Crippen LogP contribution in [0.4, 0.5) is 32.3 Å². The minimum absolute atomic E-state index is 0.0375. The Morgan fingerprint density at radius 3 is 2.72 bits per heavy atom. The Labute approximate surface area is 196 Å². The lowest BCUT2D eigenvalue weighted by atomic mass is 10.1. The highest BCUT2D eigenvalue weighted by molar-refractivity contribution is 6.12. The molecule has 6 N–H and O–H groups in total. The van der Waals surface area contributed by atoms with Crippen molar-refractivity contribution < 1.29 is 26.3 Å². The Morgan fingerprint density at radius 1 is 1.34 bits per heavy atom. The Balaban J connectivity index is 2.13. The molecule has 166 valence electrons. The number of hydrogen-bond donors (Lipinski definition) is 4. The van der Waals surface area contributed by atoms with Crippen LogP contribution in [0.3, 0.4) is 0 Å². The van der Waals surface area contributed by atoms with Gasteiger partial charge in [0, 0.05) is 34.9 Å². The van der Waals surface area contributed by atoms with Crippen LogP contribution in [0.5, 0.6) is 0 Å². The van der Waals surface area contributed by atoms with Gasteiger partial charge in [-0.05, 0) is 25.1 Å². The molecule has 0 radical (unpaired) electrons. The number of rotatable bonds is 6. The highest BCUT2D eigenvalue weighted by Gasteiger charge is 2.22. The molecule has 0 bridgehead atoms. The van der Waals surface area contributed by atoms with Crippen LogP contribution < -0.4 is 21.7 Å². The predicted octanol–water partition coefficient (Wildman–Crippen LogP) is 2.71. The van der Waals surface area contributed by atoms with Gasteiger partial charge in [-0.15, -0.1) is 0 Å². The summed E-state index contributed by atoms with van der Waals surface area (Å²) in [7, 11) is 0.924. The first kappa shape index (κ1) is 13.2. The Kier molecular flexibility index (Phi) is 3.81. The van der Waals surface area contributed by atoms with Gasteiger partial charge in [-0.3, -0.25) is 10.3 Å². The van der Waals surface area contributed by atoms with Gasteiger partial charge in [0.15, 0.2) is 17.5 Å². The summed E-state index contributed by atoms with van der Waals surface area (Å²) in [5.41, 5.74) is 9.72. The minimum atomic E-state index is -3.12. The summed E-state index contributed by atoms with van der Waals surface area (Å²) in [5, 5.41) is 11.2. The molecular formula is C21H23FN8O2. The number of nitrogens with two attached hydrogens (primary N) is 2. The van der Waals surface area contributed by atoms with Crippen molar-refractivity contribution in [1.82, 2.24) is 15.0 Å². The SMILES string of the molecule is [2H]c1nc(NCc2c([2H])c(C)c([2H])c([2H])c2F)c(C(=N)c2nc(N)c(N(C(=O)OC)C([2H])([2H])[2H])c(N)n2)c([2H])c1[2H]. The van der Waals surface area contributed by atoms with Crippen LogP contribution in [0.1, 0.15) is 34.9 Å². The molecule has 1 amide bonds. The van der Waals surface area contributed by atoms with Gasteiger partial charge in [0.05, 0.1) is 15.3 Å². The fraction of sp³-hybridized carbons (Fsp3) is 0.190. The van der Waals surface area contributed by atoms with E-state index in [-0.39, 0.29) is 27.9 Å². The smallest absolute Gasteiger partial charge is 0.413 e. The van der Waals surface area contributed by atoms with Crippen molar-refractivity contribution in [3.63, 3.8) is 0 Å². The number of nitrogens with one attached hydrogen (secondary N) is 2. The lowest BCUT2D eigenvalue weighted by Crippen LogP contribution is -2.29. The van der Waals surface area contributed by atoms with Gasteiger partial charge in [0.2, 0.25) is 0 Å². The second-order valence-corrected chi connectivity index (χ2v) is 6.19. The van der Waals surface area contributed by atoms with Crippen LogP contribution in [0.15, 0.2) is 36.4 Å². The molecular weight excluding hydrogens is 415 g/mol. The second kappa shape index (κ2) is 9.25. The summed E-state index contributed by atoms with van der Waals surface area (Å²) >= 11 is 0. The van der Waals surface area contributed by atoms with E-state index in [0.717, 1.165) is 7.11 Å². The Hall–Kier alpha value is -4.28. The Bertz CT molecular complexity index is 1530. The number of carbonyl (C=O) groups is 1. The van der Waals surface area contributed by atoms with Crippen molar-refractivity contribution in [2.24, 2.45) is 0 Å². The largest absolute Gasteiger partial charge is 0.452 e. The first-order chi connectivity index (χ1) is 18.9. The number of carbonyl (C=O) groups excluding carboxylic acids is 1. The first-order valence-electron chi connectivity index (χ1n) is 13.3. The van der Waals surface area contributed by atoms with Crippen molar-refractivity contribution in [3.05, 3.63) is 64.7 Å². The summed E-state index contributed by atoms with van der Waals surface area (Å²) in [6, 6.07) is -2.95. The van der Waals surface area contributed by atoms with Crippen LogP contribution in [0.25, 0.3) is 0 Å². The Morgan fingerprint density at radius 2 is 2.06 bits per heavy atom. The first-order valence-corrected chi connectivity index (χ1v) is 8.80. The third-order valence-electron chi connectivity index (χ3n) is 4.04. The van der Waals surface area contributed by atoms with Crippen LogP contribution >= 0.6 is 0 Å². The third kappa shape index (κ3) is 4.56. The van der Waals surface area contributed by atoms with Gasteiger partial charge in [-0.2, -0.15) is 0 Å². The average Bonchev–Trinajstić information content (AvgIpc) is 2.89. The van der Waals surface area contributed by atoms with Gasteiger partial charge < -0.3 is 21.5 Å². The number of anilines is 4. The topological polar surface area (TPSA) is 156 Å². The number of halogens is 1. The van der Waals surface area contributed by atoms with Gasteiger partial charge in [-0.1, -0.05) is 17.6 Å². The van der Waals surface area contributed by atoms with E-state index in [1.165, 1.54) is 6.92 Å². The molecule has 0 aliphatic rings. The van der Waals surface area contributed by atoms with Gasteiger partial charge in [0.1, 0.15) is 23.0 Å². The molecule has 0 aliphatic heterocycles. The highest BCUT2D eigenvalue weighted by Crippen LogP contribution is 2.28. The van der Waals surface area contributed by atoms with Gasteiger partial charge in [0.25, 0.3) is 0 Å². The molecule has 0 aliphatic carbocycles. The zero-order valence-electron chi connectivity index (χ0n) is 25.8. The number of pyridine rings is 1. The zero-order chi connectivity index (χ0) is 31.1. The molecule has 2 heterocycles. The number of nitrogen functional groups attached to an aromatic ring is 2. The number of methoxy groups -OCH3 is 1. The van der Waals surface area contributed by atoms with Crippen molar-refractivity contribution in [3.8, 4) is 0 Å². The molecule has 0 fully saturated rings. The number of benzene rings is 1. The van der Waals surface area contributed by atoms with E-state index in [1.54, 1.807) is 0 Å². The summed E-state index contributed by atoms with van der Waals surface area (Å²) in [4.78, 5) is 23.9. The fourth-order valence-electron chi connectivity index (χ4n) is 2.55. The molecule has 0 saturated heterocycles. The average molecular weight is 448 g/mol. The molecule has 1 aromatic carbocycles. The molecule has 2 aromatic heterocycles. The molecule has 10 nitrogen and oxygen atoms in total. The molecule has 3 rings (SSSR count). The van der Waals surface area contributed by atoms with E-state index in [0.29, 0.717) is 0 Å². The quantitative estimate of drug-likeness (QED) is 0.420. The summed E-state index contributed by atoms with van der Waals surface area (Å²) < 4.78 is 90.0. The lowest BCUT2D eigenvalue weighted by Gasteiger charge is -2.19. The van der Waals surface area contributed by atoms with Crippen molar-refractivity contribution >= 4 is 34.9 Å². The number of nitrogens with zero attached hydrogens (tertiary/aromatic N) is 4. The van der Waals surface area contributed by atoms with Gasteiger partial charge >= 0.3 is 6.09 Å². The minimum Gasteiger partial charge on any atom is -0.452 e. The highest BCUT2D eigenvalue weighted by atomic mass is 19.1.